The van der Waals surface area contributed by atoms with E-state index in [1.807, 2.05) is 18.2 Å². The molecule has 6 heteroatoms. The molecular formula is C17H13N3O3. The fourth-order valence-electron chi connectivity index (χ4n) is 2.50. The molecule has 0 saturated heterocycles. The monoisotopic (exact) mass is 307 g/mol. The zero-order valence-electron chi connectivity index (χ0n) is 12.4. The van der Waals surface area contributed by atoms with Crippen molar-refractivity contribution in [1.29, 1.82) is 0 Å². The van der Waals surface area contributed by atoms with E-state index in [9.17, 15) is 4.79 Å². The minimum atomic E-state index is -0.133. The van der Waals surface area contributed by atoms with Crippen LogP contribution in [0.3, 0.4) is 0 Å². The molecule has 0 fully saturated rings. The van der Waals surface area contributed by atoms with Gasteiger partial charge in [0.15, 0.2) is 11.5 Å². The summed E-state index contributed by atoms with van der Waals surface area (Å²) in [6.07, 6.45) is 3.27. The molecule has 0 aliphatic carbocycles. The van der Waals surface area contributed by atoms with Gasteiger partial charge in [-0.05, 0) is 36.4 Å². The van der Waals surface area contributed by atoms with Crippen LogP contribution in [0.25, 0.3) is 11.0 Å². The number of nitrogens with zero attached hydrogens (tertiary/aromatic N) is 3. The second-order valence-corrected chi connectivity index (χ2v) is 5.16. The number of rotatable bonds is 2. The van der Waals surface area contributed by atoms with Gasteiger partial charge in [-0.25, -0.2) is 0 Å². The molecule has 3 aromatic rings. The highest BCUT2D eigenvalue weighted by atomic mass is 16.7. The smallest absolute Gasteiger partial charge is 0.258 e. The lowest BCUT2D eigenvalue weighted by atomic mass is 10.1. The van der Waals surface area contributed by atoms with Gasteiger partial charge >= 0.3 is 0 Å². The van der Waals surface area contributed by atoms with Crippen LogP contribution in [0.4, 0.5) is 5.69 Å². The van der Waals surface area contributed by atoms with Gasteiger partial charge < -0.3 is 14.4 Å². The number of amides is 1. The van der Waals surface area contributed by atoms with Crippen molar-refractivity contribution in [2.24, 2.45) is 0 Å². The van der Waals surface area contributed by atoms with Gasteiger partial charge in [0.25, 0.3) is 5.91 Å². The second kappa shape index (κ2) is 5.24. The van der Waals surface area contributed by atoms with E-state index in [1.54, 1.807) is 42.5 Å². The summed E-state index contributed by atoms with van der Waals surface area (Å²) in [4.78, 5) is 22.7. The van der Waals surface area contributed by atoms with Crippen LogP contribution in [0, 0.1) is 0 Å². The predicted molar refractivity (Wildman–Crippen MR) is 84.8 cm³/mol. The van der Waals surface area contributed by atoms with Gasteiger partial charge in [0.2, 0.25) is 6.79 Å². The Morgan fingerprint density at radius 1 is 1.00 bits per heavy atom. The molecular weight excluding hydrogens is 294 g/mol. The van der Waals surface area contributed by atoms with Gasteiger partial charge in [-0.2, -0.15) is 0 Å². The fraction of sp³-hybridized carbons (Fsp3) is 0.118. The minimum absolute atomic E-state index is 0.133. The van der Waals surface area contributed by atoms with Crippen LogP contribution in [-0.2, 0) is 0 Å². The molecule has 0 saturated carbocycles. The molecule has 0 spiro atoms. The molecule has 1 amide bonds. The number of anilines is 1. The lowest BCUT2D eigenvalue weighted by molar-refractivity contribution is 0.0992. The molecule has 0 bridgehead atoms. The van der Waals surface area contributed by atoms with Crippen molar-refractivity contribution < 1.29 is 14.3 Å². The second-order valence-electron chi connectivity index (χ2n) is 5.16. The Balaban J connectivity index is 1.66. The van der Waals surface area contributed by atoms with Crippen molar-refractivity contribution in [2.45, 2.75) is 0 Å². The topological polar surface area (TPSA) is 64.6 Å². The Kier molecular flexibility index (Phi) is 3.08. The molecule has 2 aromatic carbocycles. The molecule has 114 valence electrons. The van der Waals surface area contributed by atoms with Crippen LogP contribution in [-0.4, -0.2) is 29.7 Å². The Labute approximate surface area is 132 Å². The van der Waals surface area contributed by atoms with E-state index in [0.29, 0.717) is 17.1 Å². The molecule has 1 aliphatic heterocycles. The van der Waals surface area contributed by atoms with Gasteiger partial charge in [0.1, 0.15) is 0 Å². The summed E-state index contributed by atoms with van der Waals surface area (Å²) >= 11 is 0. The molecule has 23 heavy (non-hydrogen) atoms. The predicted octanol–water partition coefficient (Wildman–Crippen LogP) is 2.64. The molecule has 1 aromatic heterocycles. The first-order valence-corrected chi connectivity index (χ1v) is 7.11. The third-order valence-corrected chi connectivity index (χ3v) is 3.76. The number of hydrogen-bond donors (Lipinski definition) is 0. The standard InChI is InChI=1S/C17H13N3O3/c1-20(12-3-4-13-14(9-12)19-7-6-18-13)17(21)11-2-5-15-16(8-11)23-10-22-15/h2-9H,10H2,1H3. The summed E-state index contributed by atoms with van der Waals surface area (Å²) < 4.78 is 10.6. The van der Waals surface area contributed by atoms with Crippen molar-refractivity contribution in [1.82, 2.24) is 9.97 Å². The normalized spacial score (nSPS) is 12.4. The van der Waals surface area contributed by atoms with Crippen molar-refractivity contribution in [2.75, 3.05) is 18.7 Å². The van der Waals surface area contributed by atoms with E-state index < -0.39 is 0 Å². The SMILES string of the molecule is CN(C(=O)c1ccc2c(c1)OCO2)c1ccc2nccnc2c1. The summed E-state index contributed by atoms with van der Waals surface area (Å²) in [5.74, 6) is 1.12. The molecule has 0 unspecified atom stereocenters. The number of aromatic nitrogens is 2. The molecule has 0 radical (unpaired) electrons. The lowest BCUT2D eigenvalue weighted by Gasteiger charge is -2.18. The van der Waals surface area contributed by atoms with Gasteiger partial charge in [-0.15, -0.1) is 0 Å². The number of ether oxygens (including phenoxy) is 2. The van der Waals surface area contributed by atoms with E-state index in [4.69, 9.17) is 9.47 Å². The summed E-state index contributed by atoms with van der Waals surface area (Å²) in [6, 6.07) is 10.7. The Morgan fingerprint density at radius 2 is 1.78 bits per heavy atom. The van der Waals surface area contributed by atoms with Crippen molar-refractivity contribution in [3.8, 4) is 11.5 Å². The van der Waals surface area contributed by atoms with Gasteiger partial charge in [0, 0.05) is 30.7 Å². The number of fused-ring (bicyclic) bond motifs is 2. The maximum absolute atomic E-state index is 12.7. The zero-order valence-corrected chi connectivity index (χ0v) is 12.4. The Bertz CT molecular complexity index is 910. The minimum Gasteiger partial charge on any atom is -0.454 e. The average molecular weight is 307 g/mol. The zero-order chi connectivity index (χ0) is 15.8. The summed E-state index contributed by atoms with van der Waals surface area (Å²) in [5.41, 5.74) is 2.83. The first-order chi connectivity index (χ1) is 11.2. The number of carbonyl (C=O) groups is 1. The fourth-order valence-corrected chi connectivity index (χ4v) is 2.50. The number of carbonyl (C=O) groups excluding carboxylic acids is 1. The van der Waals surface area contributed by atoms with Crippen LogP contribution >= 0.6 is 0 Å². The Hall–Kier alpha value is -3.15. The molecule has 2 heterocycles. The lowest BCUT2D eigenvalue weighted by Crippen LogP contribution is -2.26. The van der Waals surface area contributed by atoms with E-state index in [2.05, 4.69) is 9.97 Å². The van der Waals surface area contributed by atoms with E-state index >= 15 is 0 Å². The molecule has 0 atom stereocenters. The van der Waals surface area contributed by atoms with Crippen molar-refractivity contribution in [3.63, 3.8) is 0 Å². The van der Waals surface area contributed by atoms with E-state index in [0.717, 1.165) is 16.7 Å². The quantitative estimate of drug-likeness (QED) is 0.728. The van der Waals surface area contributed by atoms with Gasteiger partial charge in [-0.3, -0.25) is 14.8 Å². The number of benzene rings is 2. The van der Waals surface area contributed by atoms with E-state index in [1.165, 1.54) is 0 Å². The highest BCUT2D eigenvalue weighted by Gasteiger charge is 2.19. The number of hydrogen-bond acceptors (Lipinski definition) is 5. The molecule has 6 nitrogen and oxygen atoms in total. The Morgan fingerprint density at radius 3 is 2.65 bits per heavy atom. The first-order valence-electron chi connectivity index (χ1n) is 7.11. The van der Waals surface area contributed by atoms with Crippen LogP contribution in [0.15, 0.2) is 48.8 Å². The maximum atomic E-state index is 12.7. The van der Waals surface area contributed by atoms with Gasteiger partial charge in [0.05, 0.1) is 11.0 Å². The van der Waals surface area contributed by atoms with Crippen LogP contribution in [0.1, 0.15) is 10.4 Å². The van der Waals surface area contributed by atoms with Crippen molar-refractivity contribution >= 4 is 22.6 Å². The van der Waals surface area contributed by atoms with E-state index in [-0.39, 0.29) is 12.7 Å². The highest BCUT2D eigenvalue weighted by molar-refractivity contribution is 6.06. The third-order valence-electron chi connectivity index (χ3n) is 3.76. The highest BCUT2D eigenvalue weighted by Crippen LogP contribution is 2.33. The van der Waals surface area contributed by atoms with Crippen molar-refractivity contribution in [3.05, 3.63) is 54.4 Å². The molecule has 0 N–H and O–H groups in total. The van der Waals surface area contributed by atoms with Crippen LogP contribution in [0.5, 0.6) is 11.5 Å². The summed E-state index contributed by atoms with van der Waals surface area (Å²) in [6.45, 7) is 0.187. The first kappa shape index (κ1) is 13.5. The largest absolute Gasteiger partial charge is 0.454 e. The van der Waals surface area contributed by atoms with Crippen LogP contribution < -0.4 is 14.4 Å². The third kappa shape index (κ3) is 2.34. The summed E-state index contributed by atoms with van der Waals surface area (Å²) in [7, 11) is 1.73. The summed E-state index contributed by atoms with van der Waals surface area (Å²) in [5, 5.41) is 0. The van der Waals surface area contributed by atoms with Gasteiger partial charge in [-0.1, -0.05) is 0 Å². The average Bonchev–Trinajstić information content (AvgIpc) is 3.07. The molecule has 4 rings (SSSR count). The van der Waals surface area contributed by atoms with Crippen LogP contribution in [0.2, 0.25) is 0 Å². The molecule has 1 aliphatic rings. The maximum Gasteiger partial charge on any atom is 0.258 e.